The van der Waals surface area contributed by atoms with Crippen LogP contribution in [0.4, 0.5) is 8.78 Å². The Morgan fingerprint density at radius 2 is 2.19 bits per heavy atom. The van der Waals surface area contributed by atoms with Crippen LogP contribution in [0, 0.1) is 11.6 Å². The van der Waals surface area contributed by atoms with Crippen molar-refractivity contribution >= 4 is 0 Å². The van der Waals surface area contributed by atoms with E-state index in [1.165, 1.54) is 12.1 Å². The zero-order chi connectivity index (χ0) is 11.7. The Kier molecular flexibility index (Phi) is 2.53. The third-order valence-corrected chi connectivity index (χ3v) is 1.98. The second-order valence-electron chi connectivity index (χ2n) is 2.93. The first-order chi connectivity index (χ1) is 7.65. The standard InChI is InChI=1S/C9H6F2N2O3/c10-5-2-1-3-6(8(5)11)13-7(4-14)12-16-9(13)15/h1-3,14H,4H2. The Balaban J connectivity index is 2.72. The number of halogens is 2. The van der Waals surface area contributed by atoms with Crippen LogP contribution in [0.5, 0.6) is 0 Å². The van der Waals surface area contributed by atoms with Gasteiger partial charge in [0.15, 0.2) is 17.5 Å². The molecule has 0 saturated heterocycles. The van der Waals surface area contributed by atoms with Crippen molar-refractivity contribution in [2.45, 2.75) is 6.61 Å². The first kappa shape index (κ1) is 10.5. The van der Waals surface area contributed by atoms with E-state index < -0.39 is 24.0 Å². The summed E-state index contributed by atoms with van der Waals surface area (Å²) in [5, 5.41) is 12.1. The largest absolute Gasteiger partial charge is 0.446 e. The molecule has 2 rings (SSSR count). The lowest BCUT2D eigenvalue weighted by Gasteiger charge is -2.04. The summed E-state index contributed by atoms with van der Waals surface area (Å²) in [6, 6.07) is 3.32. The number of nitrogens with zero attached hydrogens (tertiary/aromatic N) is 2. The van der Waals surface area contributed by atoms with E-state index in [9.17, 15) is 13.6 Å². The number of rotatable bonds is 2. The molecule has 1 aromatic carbocycles. The summed E-state index contributed by atoms with van der Waals surface area (Å²) < 4.78 is 31.2. The molecule has 1 N–H and O–H groups in total. The van der Waals surface area contributed by atoms with E-state index in [-0.39, 0.29) is 11.5 Å². The molecular formula is C9H6F2N2O3. The second-order valence-corrected chi connectivity index (χ2v) is 2.93. The van der Waals surface area contributed by atoms with Gasteiger partial charge in [0.25, 0.3) is 0 Å². The Morgan fingerprint density at radius 1 is 1.44 bits per heavy atom. The number of benzene rings is 1. The lowest BCUT2D eigenvalue weighted by Crippen LogP contribution is -2.16. The minimum atomic E-state index is -1.21. The summed E-state index contributed by atoms with van der Waals surface area (Å²) >= 11 is 0. The maximum Gasteiger partial charge on any atom is 0.446 e. The molecule has 0 atom stereocenters. The Hall–Kier alpha value is -2.02. The molecule has 0 spiro atoms. The summed E-state index contributed by atoms with van der Waals surface area (Å²) in [6.07, 6.45) is 0. The topological polar surface area (TPSA) is 68.3 Å². The lowest BCUT2D eigenvalue weighted by atomic mass is 10.3. The zero-order valence-corrected chi connectivity index (χ0v) is 7.85. The highest BCUT2D eigenvalue weighted by Gasteiger charge is 2.17. The van der Waals surface area contributed by atoms with Crippen LogP contribution in [0.25, 0.3) is 5.69 Å². The molecule has 0 fully saturated rings. The van der Waals surface area contributed by atoms with Crippen LogP contribution in [-0.2, 0) is 6.61 Å². The molecule has 5 nitrogen and oxygen atoms in total. The molecule has 0 aliphatic carbocycles. The number of hydrogen-bond donors (Lipinski definition) is 1. The van der Waals surface area contributed by atoms with E-state index in [0.29, 0.717) is 4.57 Å². The summed E-state index contributed by atoms with van der Waals surface area (Å²) in [5.74, 6) is -3.50. The highest BCUT2D eigenvalue weighted by Crippen LogP contribution is 2.15. The van der Waals surface area contributed by atoms with Crippen molar-refractivity contribution in [3.8, 4) is 5.69 Å². The van der Waals surface area contributed by atoms with Gasteiger partial charge in [-0.1, -0.05) is 11.2 Å². The van der Waals surface area contributed by atoms with E-state index in [4.69, 9.17) is 5.11 Å². The molecule has 16 heavy (non-hydrogen) atoms. The van der Waals surface area contributed by atoms with Gasteiger partial charge in [-0.25, -0.2) is 18.1 Å². The van der Waals surface area contributed by atoms with Crippen LogP contribution < -0.4 is 5.76 Å². The van der Waals surface area contributed by atoms with Gasteiger partial charge in [0.1, 0.15) is 6.61 Å². The van der Waals surface area contributed by atoms with Gasteiger partial charge in [0.05, 0.1) is 5.69 Å². The summed E-state index contributed by atoms with van der Waals surface area (Å²) in [4.78, 5) is 11.2. The fourth-order valence-electron chi connectivity index (χ4n) is 1.28. The normalized spacial score (nSPS) is 10.7. The fraction of sp³-hybridized carbons (Fsp3) is 0.111. The lowest BCUT2D eigenvalue weighted by molar-refractivity contribution is 0.261. The molecule has 0 saturated carbocycles. The molecule has 7 heteroatoms. The SMILES string of the molecule is O=c1onc(CO)n1-c1cccc(F)c1F. The second kappa shape index (κ2) is 3.86. The maximum atomic E-state index is 13.4. The van der Waals surface area contributed by atoms with Gasteiger partial charge in [-0.3, -0.25) is 4.52 Å². The molecular weight excluding hydrogens is 222 g/mol. The first-order valence-electron chi connectivity index (χ1n) is 4.28. The number of aromatic nitrogens is 2. The van der Waals surface area contributed by atoms with Gasteiger partial charge in [0, 0.05) is 0 Å². The number of aliphatic hydroxyl groups is 1. The number of hydrogen-bond acceptors (Lipinski definition) is 4. The van der Waals surface area contributed by atoms with Crippen molar-refractivity contribution in [3.63, 3.8) is 0 Å². The molecule has 0 bridgehead atoms. The fourth-order valence-corrected chi connectivity index (χ4v) is 1.28. The first-order valence-corrected chi connectivity index (χ1v) is 4.28. The molecule has 1 aromatic heterocycles. The predicted octanol–water partition coefficient (Wildman–Crippen LogP) is 0.596. The van der Waals surface area contributed by atoms with Gasteiger partial charge < -0.3 is 5.11 Å². The monoisotopic (exact) mass is 228 g/mol. The van der Waals surface area contributed by atoms with Gasteiger partial charge >= 0.3 is 5.76 Å². The zero-order valence-electron chi connectivity index (χ0n) is 7.85. The molecule has 84 valence electrons. The average molecular weight is 228 g/mol. The van der Waals surface area contributed by atoms with Gasteiger partial charge in [-0.2, -0.15) is 0 Å². The van der Waals surface area contributed by atoms with E-state index in [1.54, 1.807) is 0 Å². The predicted molar refractivity (Wildman–Crippen MR) is 47.9 cm³/mol. The van der Waals surface area contributed by atoms with Gasteiger partial charge in [0.2, 0.25) is 0 Å². The Bertz CT molecular complexity index is 576. The van der Waals surface area contributed by atoms with Crippen molar-refractivity contribution in [3.05, 3.63) is 46.2 Å². The van der Waals surface area contributed by atoms with Crippen molar-refractivity contribution in [2.24, 2.45) is 0 Å². The number of aliphatic hydroxyl groups excluding tert-OH is 1. The van der Waals surface area contributed by atoms with E-state index >= 15 is 0 Å². The van der Waals surface area contributed by atoms with Crippen LogP contribution in [0.3, 0.4) is 0 Å². The summed E-state index contributed by atoms with van der Waals surface area (Å²) in [7, 11) is 0. The molecule has 1 heterocycles. The van der Waals surface area contributed by atoms with E-state index in [0.717, 1.165) is 6.07 Å². The molecule has 2 aromatic rings. The highest BCUT2D eigenvalue weighted by atomic mass is 19.2. The Labute approximate surface area is 87.5 Å². The van der Waals surface area contributed by atoms with Crippen molar-refractivity contribution in [1.29, 1.82) is 0 Å². The van der Waals surface area contributed by atoms with Crippen LogP contribution in [-0.4, -0.2) is 14.8 Å². The molecule has 0 aliphatic heterocycles. The summed E-state index contributed by atoms with van der Waals surface area (Å²) in [6.45, 7) is -0.623. The molecule has 0 unspecified atom stereocenters. The van der Waals surface area contributed by atoms with Crippen molar-refractivity contribution < 1.29 is 18.4 Å². The van der Waals surface area contributed by atoms with Gasteiger partial charge in [-0.15, -0.1) is 0 Å². The highest BCUT2D eigenvalue weighted by molar-refractivity contribution is 5.34. The van der Waals surface area contributed by atoms with Crippen LogP contribution in [0.1, 0.15) is 5.82 Å². The summed E-state index contributed by atoms with van der Waals surface area (Å²) in [5.41, 5.74) is -0.352. The van der Waals surface area contributed by atoms with Gasteiger partial charge in [-0.05, 0) is 12.1 Å². The quantitative estimate of drug-likeness (QED) is 0.817. The third kappa shape index (κ3) is 1.50. The average Bonchev–Trinajstić information content (AvgIpc) is 2.64. The van der Waals surface area contributed by atoms with Crippen LogP contribution in [0.2, 0.25) is 0 Å². The molecule has 0 aliphatic rings. The maximum absolute atomic E-state index is 13.4. The van der Waals surface area contributed by atoms with Crippen LogP contribution >= 0.6 is 0 Å². The minimum absolute atomic E-state index is 0.200. The third-order valence-electron chi connectivity index (χ3n) is 1.98. The smallest absolute Gasteiger partial charge is 0.388 e. The molecule has 0 amide bonds. The Morgan fingerprint density at radius 3 is 2.88 bits per heavy atom. The molecule has 0 radical (unpaired) electrons. The minimum Gasteiger partial charge on any atom is -0.388 e. The van der Waals surface area contributed by atoms with Crippen molar-refractivity contribution in [2.75, 3.05) is 0 Å². The van der Waals surface area contributed by atoms with Crippen molar-refractivity contribution in [1.82, 2.24) is 9.72 Å². The van der Waals surface area contributed by atoms with E-state index in [1.807, 2.05) is 0 Å². The van der Waals surface area contributed by atoms with Crippen LogP contribution in [0.15, 0.2) is 27.5 Å². The van der Waals surface area contributed by atoms with E-state index in [2.05, 4.69) is 9.68 Å².